The predicted molar refractivity (Wildman–Crippen MR) is 359 cm³/mol. The second kappa shape index (κ2) is 64.4. The maximum atomic E-state index is 12.9. The lowest BCUT2D eigenvalue weighted by atomic mass is 10.0. The number of quaternary nitrogens is 1. The average Bonchev–Trinajstić information content (AvgIpc) is 3.52. The highest BCUT2D eigenvalue weighted by Gasteiger charge is 2.25. The van der Waals surface area contributed by atoms with Crippen molar-refractivity contribution in [3.8, 4) is 0 Å². The molecule has 2 atom stereocenters. The molecule has 0 heterocycles. The highest BCUT2D eigenvalue weighted by Crippen LogP contribution is 2.16. The third-order valence-electron chi connectivity index (χ3n) is 14.2. The lowest BCUT2D eigenvalue weighted by molar-refractivity contribution is -0.870. The van der Waals surface area contributed by atoms with E-state index in [9.17, 15) is 19.5 Å². The van der Waals surface area contributed by atoms with Gasteiger partial charge in [0.15, 0.2) is 6.10 Å². The number of allylic oxidation sites excluding steroid dienone is 22. The molecular weight excluding hydrogens is 1040 g/mol. The van der Waals surface area contributed by atoms with Crippen LogP contribution in [-0.2, 0) is 33.3 Å². The van der Waals surface area contributed by atoms with Crippen LogP contribution in [0, 0.1) is 0 Å². The van der Waals surface area contributed by atoms with Crippen molar-refractivity contribution in [2.45, 2.75) is 277 Å². The zero-order chi connectivity index (χ0) is 61.2. The molecule has 0 rings (SSSR count). The Labute approximate surface area is 516 Å². The summed E-state index contributed by atoms with van der Waals surface area (Å²) in [5.74, 6) is -2.03. The molecule has 0 saturated carbocycles. The molecule has 9 nitrogen and oxygen atoms in total. The van der Waals surface area contributed by atoms with E-state index in [2.05, 4.69) is 148 Å². The van der Waals surface area contributed by atoms with Crippen LogP contribution in [0.3, 0.4) is 0 Å². The van der Waals surface area contributed by atoms with Crippen LogP contribution in [0.1, 0.15) is 264 Å². The van der Waals surface area contributed by atoms with E-state index in [0.717, 1.165) is 122 Å². The van der Waals surface area contributed by atoms with E-state index in [4.69, 9.17) is 18.9 Å². The molecular formula is C75H126NO8+. The number of carbonyl (C=O) groups is 3. The van der Waals surface area contributed by atoms with E-state index in [1.54, 1.807) is 0 Å². The van der Waals surface area contributed by atoms with Crippen molar-refractivity contribution in [3.63, 3.8) is 0 Å². The van der Waals surface area contributed by atoms with E-state index >= 15 is 0 Å². The first-order valence-electron chi connectivity index (χ1n) is 33.8. The fourth-order valence-corrected chi connectivity index (χ4v) is 9.02. The van der Waals surface area contributed by atoms with Crippen LogP contribution in [0.2, 0.25) is 0 Å². The first-order chi connectivity index (χ1) is 41.1. The van der Waals surface area contributed by atoms with Crippen LogP contribution in [0.5, 0.6) is 0 Å². The minimum absolute atomic E-state index is 0.178. The summed E-state index contributed by atoms with van der Waals surface area (Å²) in [5.41, 5.74) is 0. The van der Waals surface area contributed by atoms with Crippen molar-refractivity contribution >= 4 is 17.9 Å². The van der Waals surface area contributed by atoms with Gasteiger partial charge in [-0.3, -0.25) is 9.59 Å². The fraction of sp³-hybridized carbons (Fsp3) is 0.667. The van der Waals surface area contributed by atoms with Gasteiger partial charge in [-0.2, -0.15) is 0 Å². The third kappa shape index (κ3) is 65.0. The molecule has 2 unspecified atom stereocenters. The Hall–Kier alpha value is -4.57. The number of likely N-dealkylation sites (N-methyl/N-ethyl adjacent to an activating group) is 1. The van der Waals surface area contributed by atoms with E-state index < -0.39 is 24.3 Å². The third-order valence-corrected chi connectivity index (χ3v) is 14.2. The number of hydrogen-bond donors (Lipinski definition) is 1. The monoisotopic (exact) mass is 1170 g/mol. The first kappa shape index (κ1) is 79.4. The number of aliphatic carboxylic acids is 1. The van der Waals surface area contributed by atoms with Crippen molar-refractivity contribution in [3.05, 3.63) is 134 Å². The van der Waals surface area contributed by atoms with E-state index in [0.29, 0.717) is 23.9 Å². The topological polar surface area (TPSA) is 108 Å². The number of nitrogens with zero attached hydrogens (tertiary/aromatic N) is 1. The lowest BCUT2D eigenvalue weighted by Crippen LogP contribution is -2.40. The Morgan fingerprint density at radius 3 is 1.01 bits per heavy atom. The highest BCUT2D eigenvalue weighted by molar-refractivity contribution is 5.71. The normalized spacial score (nSPS) is 13.6. The molecule has 0 aliphatic heterocycles. The number of rotatable bonds is 61. The van der Waals surface area contributed by atoms with Crippen molar-refractivity contribution in [2.24, 2.45) is 0 Å². The van der Waals surface area contributed by atoms with Crippen LogP contribution in [0.15, 0.2) is 134 Å². The predicted octanol–water partition coefficient (Wildman–Crippen LogP) is 21.0. The zero-order valence-electron chi connectivity index (χ0n) is 54.5. The number of unbranched alkanes of at least 4 members (excludes halogenated alkanes) is 24. The van der Waals surface area contributed by atoms with Crippen LogP contribution in [0.25, 0.3) is 0 Å². The van der Waals surface area contributed by atoms with Crippen LogP contribution in [0.4, 0.5) is 0 Å². The van der Waals surface area contributed by atoms with Gasteiger partial charge in [0.2, 0.25) is 0 Å². The van der Waals surface area contributed by atoms with Crippen LogP contribution in [-0.4, -0.2) is 87.4 Å². The second-order valence-electron chi connectivity index (χ2n) is 23.4. The van der Waals surface area contributed by atoms with Crippen molar-refractivity contribution in [1.82, 2.24) is 0 Å². The molecule has 0 aromatic rings. The Balaban J connectivity index is 4.22. The summed E-state index contributed by atoms with van der Waals surface area (Å²) in [6.45, 7) is 4.75. The van der Waals surface area contributed by atoms with Crippen LogP contribution < -0.4 is 0 Å². The van der Waals surface area contributed by atoms with Gasteiger partial charge < -0.3 is 28.5 Å². The van der Waals surface area contributed by atoms with Crippen molar-refractivity contribution in [1.29, 1.82) is 0 Å². The van der Waals surface area contributed by atoms with E-state index in [-0.39, 0.29) is 32.2 Å². The highest BCUT2D eigenvalue weighted by atomic mass is 16.7. The molecule has 0 saturated heterocycles. The molecule has 0 aliphatic carbocycles. The molecule has 9 heteroatoms. The molecule has 0 fully saturated rings. The molecule has 84 heavy (non-hydrogen) atoms. The summed E-state index contributed by atoms with van der Waals surface area (Å²) in [4.78, 5) is 37.5. The van der Waals surface area contributed by atoms with Crippen molar-refractivity contribution < 1.29 is 42.9 Å². The molecule has 1 N–H and O–H groups in total. The summed E-state index contributed by atoms with van der Waals surface area (Å²) in [7, 11) is 5.96. The molecule has 0 bridgehead atoms. The molecule has 0 aromatic carbocycles. The number of ether oxygens (including phenoxy) is 4. The Morgan fingerprint density at radius 1 is 0.369 bits per heavy atom. The minimum Gasteiger partial charge on any atom is -0.477 e. The SMILES string of the molecule is CC/C=C\C/C=C\C/C=C\C/C=C\C/C=C\C/C=C\C/C=C\C/C=C\C/C=C\C/C=C\C/C=C\CCCCCCCC(=O)OC(COC(=O)CCCCCCCCCCCCCCCCCCCCCC)COC(OCC[N+](C)(C)C)C(=O)O. The smallest absolute Gasteiger partial charge is 0.361 e. The number of esters is 2. The standard InChI is InChI=1S/C75H125NO8/c1-6-8-10-12-14-16-18-20-22-24-26-28-29-30-31-32-33-34-35-36-37-38-39-40-41-42-43-44-45-46-48-50-52-54-56-58-60-62-64-66-73(78)84-71(70-83-75(74(79)80)81-68-67-76(3,4)5)69-82-72(77)65-63-61-59-57-55-53-51-49-47-27-25-23-21-19-17-15-13-11-9-7-2/h8,10,14,16,20,22,26,28,30-31,33-34,36-37,39-40,42-43,45-46,50,52,71,75H,6-7,9,11-13,15,17-19,21,23-25,27,29,32,35,38,41,44,47-49,51,53-70H2,1-5H3/p+1/b10-8-,16-14-,22-20-,28-26-,31-30-,34-33-,37-36-,40-39-,43-42-,46-45-,52-50-. The average molecular weight is 1170 g/mol. The Kier molecular flexibility index (Phi) is 60.9. The second-order valence-corrected chi connectivity index (χ2v) is 23.4. The fourth-order valence-electron chi connectivity index (χ4n) is 9.02. The maximum Gasteiger partial charge on any atom is 0.361 e. The summed E-state index contributed by atoms with van der Waals surface area (Å²) >= 11 is 0. The minimum atomic E-state index is -1.52. The van der Waals surface area contributed by atoms with E-state index in [1.807, 2.05) is 21.1 Å². The lowest BCUT2D eigenvalue weighted by Gasteiger charge is -2.25. The van der Waals surface area contributed by atoms with Gasteiger partial charge in [0, 0.05) is 12.8 Å². The summed E-state index contributed by atoms with van der Waals surface area (Å²) in [6.07, 6.45) is 89.8. The summed E-state index contributed by atoms with van der Waals surface area (Å²) in [6, 6.07) is 0. The first-order valence-corrected chi connectivity index (χ1v) is 33.8. The molecule has 0 radical (unpaired) electrons. The largest absolute Gasteiger partial charge is 0.477 e. The Bertz CT molecular complexity index is 1840. The number of carbonyl (C=O) groups excluding carboxylic acids is 2. The molecule has 0 spiro atoms. The maximum absolute atomic E-state index is 12.9. The van der Waals surface area contributed by atoms with Gasteiger partial charge in [-0.1, -0.05) is 289 Å². The van der Waals surface area contributed by atoms with Gasteiger partial charge in [0.1, 0.15) is 13.2 Å². The van der Waals surface area contributed by atoms with Crippen molar-refractivity contribution in [2.75, 3.05) is 47.5 Å². The van der Waals surface area contributed by atoms with Gasteiger partial charge in [0.25, 0.3) is 6.29 Å². The summed E-state index contributed by atoms with van der Waals surface area (Å²) < 4.78 is 22.9. The molecule has 478 valence electrons. The Morgan fingerprint density at radius 2 is 0.679 bits per heavy atom. The zero-order valence-corrected chi connectivity index (χ0v) is 54.5. The molecule has 0 aliphatic rings. The number of hydrogen-bond acceptors (Lipinski definition) is 7. The molecule has 0 aromatic heterocycles. The quantitative estimate of drug-likeness (QED) is 0.0211. The van der Waals surface area contributed by atoms with Gasteiger partial charge in [-0.05, 0) is 96.3 Å². The van der Waals surface area contributed by atoms with Gasteiger partial charge in [-0.15, -0.1) is 0 Å². The van der Waals surface area contributed by atoms with Gasteiger partial charge in [-0.25, -0.2) is 4.79 Å². The summed E-state index contributed by atoms with van der Waals surface area (Å²) in [5, 5.41) is 9.73. The van der Waals surface area contributed by atoms with Gasteiger partial charge in [0.05, 0.1) is 34.4 Å². The number of carboxylic acids is 1. The van der Waals surface area contributed by atoms with Crippen LogP contribution >= 0.6 is 0 Å². The number of carboxylic acid groups (broad SMARTS) is 1. The van der Waals surface area contributed by atoms with Gasteiger partial charge >= 0.3 is 17.9 Å². The molecule has 0 amide bonds. The van der Waals surface area contributed by atoms with E-state index in [1.165, 1.54) is 109 Å².